The number of nitrogens with one attached hydrogen (secondary N) is 2. The van der Waals surface area contributed by atoms with Crippen molar-refractivity contribution in [3.05, 3.63) is 34.6 Å². The van der Waals surface area contributed by atoms with Gasteiger partial charge >= 0.3 is 0 Å². The third-order valence-corrected chi connectivity index (χ3v) is 4.74. The Morgan fingerprint density at radius 3 is 2.68 bits per heavy atom. The molecule has 0 heterocycles. The Bertz CT molecular complexity index is 522. The molecule has 7 heteroatoms. The lowest BCUT2D eigenvalue weighted by Crippen LogP contribution is -2.38. The molecule has 1 atom stereocenters. The van der Waals surface area contributed by atoms with Crippen molar-refractivity contribution in [3.8, 4) is 0 Å². The van der Waals surface area contributed by atoms with E-state index in [1.54, 1.807) is 6.92 Å². The lowest BCUT2D eigenvalue weighted by atomic mass is 10.2. The average Bonchev–Trinajstić information content (AvgIpc) is 2.37. The second-order valence-electron chi connectivity index (χ2n) is 4.23. The maximum absolute atomic E-state index is 13.0. The van der Waals surface area contributed by atoms with E-state index in [-0.39, 0.29) is 11.6 Å². The van der Waals surface area contributed by atoms with E-state index in [0.717, 1.165) is 0 Å². The minimum absolute atomic E-state index is 0.0163. The molecular formula is C12H18ClFN2O2S. The molecular weight excluding hydrogens is 291 g/mol. The fourth-order valence-corrected chi connectivity index (χ4v) is 2.63. The lowest BCUT2D eigenvalue weighted by Gasteiger charge is -2.14. The van der Waals surface area contributed by atoms with Gasteiger partial charge in [-0.25, -0.2) is 17.5 Å². The molecule has 1 rings (SSSR count). The Labute approximate surface area is 118 Å². The number of hydrogen-bond acceptors (Lipinski definition) is 3. The molecule has 0 bridgehead atoms. The molecule has 0 saturated carbocycles. The summed E-state index contributed by atoms with van der Waals surface area (Å²) >= 11 is 5.63. The van der Waals surface area contributed by atoms with Gasteiger partial charge in [0.15, 0.2) is 0 Å². The van der Waals surface area contributed by atoms with Crippen molar-refractivity contribution in [1.82, 2.24) is 10.0 Å². The van der Waals surface area contributed by atoms with Crippen LogP contribution >= 0.6 is 11.6 Å². The van der Waals surface area contributed by atoms with E-state index in [2.05, 4.69) is 10.0 Å². The fourth-order valence-electron chi connectivity index (χ4n) is 1.43. The van der Waals surface area contributed by atoms with Crippen LogP contribution in [-0.2, 0) is 16.6 Å². The number of hydrogen-bond donors (Lipinski definition) is 2. The molecule has 0 saturated heterocycles. The van der Waals surface area contributed by atoms with Crippen LogP contribution in [0.3, 0.4) is 0 Å². The van der Waals surface area contributed by atoms with Gasteiger partial charge in [-0.05, 0) is 31.2 Å². The summed E-state index contributed by atoms with van der Waals surface area (Å²) in [6, 6.07) is 4.13. The molecule has 4 nitrogen and oxygen atoms in total. The SMILES string of the molecule is CCNCC(C)S(=O)(=O)NCc1ccc(F)c(Cl)c1. The zero-order valence-corrected chi connectivity index (χ0v) is 12.5. The first-order chi connectivity index (χ1) is 8.86. The maximum Gasteiger partial charge on any atom is 0.215 e. The summed E-state index contributed by atoms with van der Waals surface area (Å²) in [6.45, 7) is 4.73. The monoisotopic (exact) mass is 308 g/mol. The van der Waals surface area contributed by atoms with Crippen molar-refractivity contribution >= 4 is 21.6 Å². The minimum Gasteiger partial charge on any atom is -0.316 e. The fraction of sp³-hybridized carbons (Fsp3) is 0.500. The van der Waals surface area contributed by atoms with Crippen LogP contribution < -0.4 is 10.0 Å². The van der Waals surface area contributed by atoms with E-state index in [9.17, 15) is 12.8 Å². The van der Waals surface area contributed by atoms with E-state index in [4.69, 9.17) is 11.6 Å². The highest BCUT2D eigenvalue weighted by atomic mass is 35.5. The Balaban J connectivity index is 2.62. The van der Waals surface area contributed by atoms with Gasteiger partial charge < -0.3 is 5.32 Å². The summed E-state index contributed by atoms with van der Waals surface area (Å²) in [7, 11) is -3.40. The topological polar surface area (TPSA) is 58.2 Å². The molecule has 108 valence electrons. The van der Waals surface area contributed by atoms with Gasteiger partial charge in [-0.15, -0.1) is 0 Å². The number of benzene rings is 1. The van der Waals surface area contributed by atoms with Crippen molar-refractivity contribution in [3.63, 3.8) is 0 Å². The first-order valence-corrected chi connectivity index (χ1v) is 7.92. The molecule has 19 heavy (non-hydrogen) atoms. The first-order valence-electron chi connectivity index (χ1n) is 6.00. The molecule has 0 spiro atoms. The quantitative estimate of drug-likeness (QED) is 0.809. The smallest absolute Gasteiger partial charge is 0.215 e. The molecule has 0 amide bonds. The molecule has 0 aromatic heterocycles. The summed E-state index contributed by atoms with van der Waals surface area (Å²) in [5, 5.41) is 2.42. The summed E-state index contributed by atoms with van der Waals surface area (Å²) in [5.74, 6) is -0.520. The highest BCUT2D eigenvalue weighted by molar-refractivity contribution is 7.90. The summed E-state index contributed by atoms with van der Waals surface area (Å²) in [6.07, 6.45) is 0. The molecule has 0 fully saturated rings. The van der Waals surface area contributed by atoms with Crippen LogP contribution in [0.25, 0.3) is 0 Å². The lowest BCUT2D eigenvalue weighted by molar-refractivity contribution is 0.559. The minimum atomic E-state index is -3.40. The zero-order valence-electron chi connectivity index (χ0n) is 10.9. The molecule has 0 aliphatic rings. The summed E-state index contributed by atoms with van der Waals surface area (Å²) in [4.78, 5) is 0. The van der Waals surface area contributed by atoms with Crippen molar-refractivity contribution < 1.29 is 12.8 Å². The highest BCUT2D eigenvalue weighted by Crippen LogP contribution is 2.16. The number of halogens is 2. The van der Waals surface area contributed by atoms with Crippen LogP contribution in [-0.4, -0.2) is 26.8 Å². The van der Waals surface area contributed by atoms with Crippen LogP contribution in [0.1, 0.15) is 19.4 Å². The maximum atomic E-state index is 13.0. The predicted octanol–water partition coefficient (Wildman–Crippen LogP) is 1.90. The van der Waals surface area contributed by atoms with Crippen LogP contribution in [0.15, 0.2) is 18.2 Å². The molecule has 2 N–H and O–H groups in total. The van der Waals surface area contributed by atoms with Gasteiger partial charge in [-0.2, -0.15) is 0 Å². The van der Waals surface area contributed by atoms with Crippen LogP contribution in [0.2, 0.25) is 5.02 Å². The first kappa shape index (κ1) is 16.4. The van der Waals surface area contributed by atoms with Gasteiger partial charge in [0.1, 0.15) is 5.82 Å². The van der Waals surface area contributed by atoms with Gasteiger partial charge in [0.2, 0.25) is 10.0 Å². The van der Waals surface area contributed by atoms with Crippen LogP contribution in [0, 0.1) is 5.82 Å². The van der Waals surface area contributed by atoms with Crippen molar-refractivity contribution in [2.24, 2.45) is 0 Å². The van der Waals surface area contributed by atoms with Gasteiger partial charge in [0, 0.05) is 13.1 Å². The van der Waals surface area contributed by atoms with Crippen LogP contribution in [0.5, 0.6) is 0 Å². The van der Waals surface area contributed by atoms with Crippen molar-refractivity contribution in [2.45, 2.75) is 25.6 Å². The third-order valence-electron chi connectivity index (χ3n) is 2.67. The van der Waals surface area contributed by atoms with E-state index < -0.39 is 21.1 Å². The van der Waals surface area contributed by atoms with Gasteiger partial charge in [-0.3, -0.25) is 0 Å². The highest BCUT2D eigenvalue weighted by Gasteiger charge is 2.19. The summed E-state index contributed by atoms with van der Waals surface area (Å²) < 4.78 is 39.3. The van der Waals surface area contributed by atoms with Gasteiger partial charge in [0.05, 0.1) is 10.3 Å². The standard InChI is InChI=1S/C12H18ClFN2O2S/c1-3-15-7-9(2)19(17,18)16-8-10-4-5-12(14)11(13)6-10/h4-6,9,15-16H,3,7-8H2,1-2H3. The Hall–Kier alpha value is -0.690. The average molecular weight is 309 g/mol. The van der Waals surface area contributed by atoms with Crippen LogP contribution in [0.4, 0.5) is 4.39 Å². The predicted molar refractivity (Wildman–Crippen MR) is 75.2 cm³/mol. The Morgan fingerprint density at radius 1 is 1.42 bits per heavy atom. The third kappa shape index (κ3) is 5.06. The summed E-state index contributed by atoms with van der Waals surface area (Å²) in [5.41, 5.74) is 0.616. The second-order valence-corrected chi connectivity index (χ2v) is 6.82. The normalized spacial score (nSPS) is 13.5. The Morgan fingerprint density at radius 2 is 2.11 bits per heavy atom. The number of sulfonamides is 1. The molecule has 1 unspecified atom stereocenters. The van der Waals surface area contributed by atoms with E-state index in [1.807, 2.05) is 6.92 Å². The van der Waals surface area contributed by atoms with Gasteiger partial charge in [-0.1, -0.05) is 24.6 Å². The van der Waals surface area contributed by atoms with E-state index in [1.165, 1.54) is 18.2 Å². The largest absolute Gasteiger partial charge is 0.316 e. The Kier molecular flexibility index (Phi) is 6.19. The van der Waals surface area contributed by atoms with Gasteiger partial charge in [0.25, 0.3) is 0 Å². The molecule has 0 aliphatic heterocycles. The number of rotatable bonds is 7. The van der Waals surface area contributed by atoms with E-state index in [0.29, 0.717) is 18.7 Å². The van der Waals surface area contributed by atoms with Crippen molar-refractivity contribution in [1.29, 1.82) is 0 Å². The van der Waals surface area contributed by atoms with E-state index >= 15 is 0 Å². The molecule has 1 aromatic carbocycles. The molecule has 0 aliphatic carbocycles. The molecule has 0 radical (unpaired) electrons. The second kappa shape index (κ2) is 7.19. The molecule has 1 aromatic rings. The van der Waals surface area contributed by atoms with Crippen molar-refractivity contribution in [2.75, 3.05) is 13.1 Å². The zero-order chi connectivity index (χ0) is 14.5.